The second-order valence-electron chi connectivity index (χ2n) is 3.10. The van der Waals surface area contributed by atoms with Gasteiger partial charge in [0.1, 0.15) is 5.75 Å². The van der Waals surface area contributed by atoms with Crippen molar-refractivity contribution in [1.82, 2.24) is 4.98 Å². The quantitative estimate of drug-likeness (QED) is 0.647. The van der Waals surface area contributed by atoms with Gasteiger partial charge in [-0.1, -0.05) is 0 Å². The third-order valence-electron chi connectivity index (χ3n) is 2.08. The predicted octanol–water partition coefficient (Wildman–Crippen LogP) is 1.37. The molecule has 0 unspecified atom stereocenters. The molecule has 0 radical (unpaired) electrons. The van der Waals surface area contributed by atoms with Crippen LogP contribution in [0.25, 0.3) is 10.9 Å². The van der Waals surface area contributed by atoms with E-state index in [1.165, 1.54) is 0 Å². The van der Waals surface area contributed by atoms with Gasteiger partial charge in [0.05, 0.1) is 0 Å². The minimum absolute atomic E-state index is 0.286. The molecule has 4 N–H and O–H groups in total. The standard InChI is InChI=1S/C10H12N2O/c11-4-3-8-5-7-1-2-9(13)6-10(7)12-8/h1-2,5-6,12-13H,3-4,11H2. The fraction of sp³-hybridized carbons (Fsp3) is 0.200. The minimum atomic E-state index is 0.286. The van der Waals surface area contributed by atoms with E-state index in [1.807, 2.05) is 6.07 Å². The van der Waals surface area contributed by atoms with Crippen LogP contribution in [0.15, 0.2) is 24.3 Å². The van der Waals surface area contributed by atoms with Crippen LogP contribution in [0.1, 0.15) is 5.69 Å². The summed E-state index contributed by atoms with van der Waals surface area (Å²) in [6.07, 6.45) is 0.843. The van der Waals surface area contributed by atoms with E-state index < -0.39 is 0 Å². The fourth-order valence-corrected chi connectivity index (χ4v) is 1.47. The Labute approximate surface area is 76.2 Å². The number of aromatic hydroxyl groups is 1. The molecule has 3 heteroatoms. The lowest BCUT2D eigenvalue weighted by Crippen LogP contribution is -2.02. The highest BCUT2D eigenvalue weighted by molar-refractivity contribution is 5.81. The first-order chi connectivity index (χ1) is 6.29. The van der Waals surface area contributed by atoms with Crippen LogP contribution in [0.4, 0.5) is 0 Å². The summed E-state index contributed by atoms with van der Waals surface area (Å²) >= 11 is 0. The molecule has 0 fully saturated rings. The monoisotopic (exact) mass is 176 g/mol. The third-order valence-corrected chi connectivity index (χ3v) is 2.08. The molecule has 3 nitrogen and oxygen atoms in total. The molecule has 0 aliphatic rings. The van der Waals surface area contributed by atoms with Crippen LogP contribution in [0, 0.1) is 0 Å². The average Bonchev–Trinajstić information content (AvgIpc) is 2.46. The van der Waals surface area contributed by atoms with E-state index in [1.54, 1.807) is 12.1 Å². The molecule has 2 rings (SSSR count). The first-order valence-electron chi connectivity index (χ1n) is 4.30. The summed E-state index contributed by atoms with van der Waals surface area (Å²) in [4.78, 5) is 3.20. The average molecular weight is 176 g/mol. The second kappa shape index (κ2) is 3.11. The Hall–Kier alpha value is -1.48. The summed E-state index contributed by atoms with van der Waals surface area (Å²) in [6, 6.07) is 7.35. The molecule has 0 saturated carbocycles. The van der Waals surface area contributed by atoms with Crippen molar-refractivity contribution in [3.8, 4) is 5.75 Å². The molecule has 1 heterocycles. The normalized spacial score (nSPS) is 10.8. The van der Waals surface area contributed by atoms with Gasteiger partial charge in [-0.2, -0.15) is 0 Å². The number of nitrogens with one attached hydrogen (secondary N) is 1. The van der Waals surface area contributed by atoms with Crippen LogP contribution >= 0.6 is 0 Å². The SMILES string of the molecule is NCCc1cc2ccc(O)cc2[nH]1. The van der Waals surface area contributed by atoms with E-state index in [9.17, 15) is 5.11 Å². The molecule has 0 aliphatic carbocycles. The van der Waals surface area contributed by atoms with E-state index >= 15 is 0 Å². The van der Waals surface area contributed by atoms with Gasteiger partial charge in [-0.15, -0.1) is 0 Å². The van der Waals surface area contributed by atoms with Crippen LogP contribution in [-0.4, -0.2) is 16.6 Å². The predicted molar refractivity (Wildman–Crippen MR) is 52.7 cm³/mol. The van der Waals surface area contributed by atoms with Crippen molar-refractivity contribution < 1.29 is 5.11 Å². The van der Waals surface area contributed by atoms with Crippen LogP contribution < -0.4 is 5.73 Å². The van der Waals surface area contributed by atoms with Gasteiger partial charge in [0.25, 0.3) is 0 Å². The first-order valence-corrected chi connectivity index (χ1v) is 4.30. The van der Waals surface area contributed by atoms with Crippen molar-refractivity contribution in [1.29, 1.82) is 0 Å². The van der Waals surface area contributed by atoms with E-state index in [-0.39, 0.29) is 5.75 Å². The van der Waals surface area contributed by atoms with Crippen molar-refractivity contribution in [2.24, 2.45) is 5.73 Å². The number of aromatic nitrogens is 1. The summed E-state index contributed by atoms with van der Waals surface area (Å²) in [5.41, 5.74) is 7.52. The number of phenolic OH excluding ortho intramolecular Hbond substituents is 1. The van der Waals surface area contributed by atoms with E-state index in [0.717, 1.165) is 23.0 Å². The summed E-state index contributed by atoms with van der Waals surface area (Å²) in [6.45, 7) is 0.638. The molecule has 0 bridgehead atoms. The summed E-state index contributed by atoms with van der Waals surface area (Å²) in [5.74, 6) is 0.286. The van der Waals surface area contributed by atoms with Gasteiger partial charge in [-0.05, 0) is 36.6 Å². The highest BCUT2D eigenvalue weighted by Gasteiger charge is 2.00. The molecule has 2 aromatic rings. The van der Waals surface area contributed by atoms with Crippen LogP contribution in [-0.2, 0) is 6.42 Å². The number of nitrogens with two attached hydrogens (primary N) is 1. The summed E-state index contributed by atoms with van der Waals surface area (Å²) in [5, 5.41) is 10.3. The summed E-state index contributed by atoms with van der Waals surface area (Å²) < 4.78 is 0. The largest absolute Gasteiger partial charge is 0.508 e. The maximum absolute atomic E-state index is 9.22. The van der Waals surface area contributed by atoms with Crippen LogP contribution in [0.5, 0.6) is 5.75 Å². The van der Waals surface area contributed by atoms with Crippen molar-refractivity contribution in [3.63, 3.8) is 0 Å². The highest BCUT2D eigenvalue weighted by atomic mass is 16.3. The molecule has 13 heavy (non-hydrogen) atoms. The van der Waals surface area contributed by atoms with E-state index in [2.05, 4.69) is 11.1 Å². The Balaban J connectivity index is 2.49. The number of aromatic amines is 1. The molecular formula is C10H12N2O. The molecular weight excluding hydrogens is 164 g/mol. The second-order valence-corrected chi connectivity index (χ2v) is 3.10. The van der Waals surface area contributed by atoms with Gasteiger partial charge in [0, 0.05) is 17.3 Å². The van der Waals surface area contributed by atoms with Gasteiger partial charge in [-0.25, -0.2) is 0 Å². The van der Waals surface area contributed by atoms with Crippen molar-refractivity contribution >= 4 is 10.9 Å². The zero-order valence-electron chi connectivity index (χ0n) is 7.25. The molecule has 0 amide bonds. The Morgan fingerprint density at radius 3 is 2.92 bits per heavy atom. The number of rotatable bonds is 2. The van der Waals surface area contributed by atoms with Gasteiger partial charge in [0.15, 0.2) is 0 Å². The topological polar surface area (TPSA) is 62.0 Å². The van der Waals surface area contributed by atoms with E-state index in [0.29, 0.717) is 6.54 Å². The molecule has 1 aromatic carbocycles. The lowest BCUT2D eigenvalue weighted by atomic mass is 10.2. The van der Waals surface area contributed by atoms with Crippen LogP contribution in [0.3, 0.4) is 0 Å². The van der Waals surface area contributed by atoms with Crippen molar-refractivity contribution in [2.75, 3.05) is 6.54 Å². The highest BCUT2D eigenvalue weighted by Crippen LogP contribution is 2.20. The molecule has 0 atom stereocenters. The number of fused-ring (bicyclic) bond motifs is 1. The van der Waals surface area contributed by atoms with Crippen molar-refractivity contribution in [3.05, 3.63) is 30.0 Å². The molecule has 1 aromatic heterocycles. The number of hydrogen-bond donors (Lipinski definition) is 3. The van der Waals surface area contributed by atoms with Crippen LogP contribution in [0.2, 0.25) is 0 Å². The van der Waals surface area contributed by atoms with Crippen molar-refractivity contribution in [2.45, 2.75) is 6.42 Å². The van der Waals surface area contributed by atoms with Gasteiger partial charge in [-0.3, -0.25) is 0 Å². The Kier molecular flexibility index (Phi) is 1.94. The Morgan fingerprint density at radius 1 is 1.31 bits per heavy atom. The summed E-state index contributed by atoms with van der Waals surface area (Å²) in [7, 11) is 0. The minimum Gasteiger partial charge on any atom is -0.508 e. The van der Waals surface area contributed by atoms with Gasteiger partial charge < -0.3 is 15.8 Å². The third kappa shape index (κ3) is 1.51. The Morgan fingerprint density at radius 2 is 2.15 bits per heavy atom. The lowest BCUT2D eigenvalue weighted by Gasteiger charge is -1.91. The number of hydrogen-bond acceptors (Lipinski definition) is 2. The maximum Gasteiger partial charge on any atom is 0.117 e. The molecule has 0 aliphatic heterocycles. The number of benzene rings is 1. The molecule has 0 spiro atoms. The first kappa shape index (κ1) is 8.13. The fourth-order valence-electron chi connectivity index (χ4n) is 1.47. The smallest absolute Gasteiger partial charge is 0.117 e. The van der Waals surface area contributed by atoms with Gasteiger partial charge >= 0.3 is 0 Å². The maximum atomic E-state index is 9.22. The molecule has 68 valence electrons. The zero-order chi connectivity index (χ0) is 9.26. The Bertz CT molecular complexity index is 420. The molecule has 0 saturated heterocycles. The zero-order valence-corrected chi connectivity index (χ0v) is 7.25. The van der Waals surface area contributed by atoms with E-state index in [4.69, 9.17) is 5.73 Å². The number of H-pyrrole nitrogens is 1. The lowest BCUT2D eigenvalue weighted by molar-refractivity contribution is 0.476. The number of phenols is 1. The van der Waals surface area contributed by atoms with Gasteiger partial charge in [0.2, 0.25) is 0 Å².